The fourth-order valence-corrected chi connectivity index (χ4v) is 3.44. The maximum Gasteiger partial charge on any atom is 0.141 e. The lowest BCUT2D eigenvalue weighted by Gasteiger charge is -2.10. The van der Waals surface area contributed by atoms with Crippen molar-refractivity contribution in [3.63, 3.8) is 0 Å². The molecule has 0 radical (unpaired) electrons. The summed E-state index contributed by atoms with van der Waals surface area (Å²) in [6, 6.07) is 25.3. The number of rotatable bonds is 6. The van der Waals surface area contributed by atoms with Gasteiger partial charge in [-0.25, -0.2) is 4.98 Å². The van der Waals surface area contributed by atoms with Gasteiger partial charge >= 0.3 is 0 Å². The lowest BCUT2D eigenvalue weighted by molar-refractivity contribution is 0.415. The van der Waals surface area contributed by atoms with E-state index in [0.29, 0.717) is 0 Å². The first kappa shape index (κ1) is 17.3. The zero-order valence-electron chi connectivity index (χ0n) is 15.9. The van der Waals surface area contributed by atoms with Gasteiger partial charge in [0.15, 0.2) is 0 Å². The predicted octanol–water partition coefficient (Wildman–Crippen LogP) is 6.18. The summed E-state index contributed by atoms with van der Waals surface area (Å²) in [7, 11) is 1.69. The van der Waals surface area contributed by atoms with Gasteiger partial charge in [-0.2, -0.15) is 0 Å². The van der Waals surface area contributed by atoms with E-state index < -0.39 is 0 Å². The molecule has 4 aromatic rings. The van der Waals surface area contributed by atoms with E-state index in [4.69, 9.17) is 9.72 Å². The molecule has 27 heavy (non-hydrogen) atoms. The summed E-state index contributed by atoms with van der Waals surface area (Å²) in [5, 5.41) is 0. The highest BCUT2D eigenvalue weighted by Crippen LogP contribution is 2.29. The topological polar surface area (TPSA) is 27.1 Å². The zero-order valence-corrected chi connectivity index (χ0v) is 15.9. The second-order valence-electron chi connectivity index (χ2n) is 6.74. The molecule has 0 bridgehead atoms. The number of hydrogen-bond donors (Lipinski definition) is 0. The quantitative estimate of drug-likeness (QED) is 0.412. The van der Waals surface area contributed by atoms with E-state index in [2.05, 4.69) is 66.1 Å². The molecule has 0 saturated carbocycles. The average Bonchev–Trinajstić information content (AvgIpc) is 3.10. The van der Waals surface area contributed by atoms with Gasteiger partial charge in [0.1, 0.15) is 11.6 Å². The minimum Gasteiger partial charge on any atom is -0.497 e. The highest BCUT2D eigenvalue weighted by Gasteiger charge is 2.13. The molecule has 3 aromatic carbocycles. The first-order chi connectivity index (χ1) is 13.3. The zero-order chi connectivity index (χ0) is 18.6. The Hall–Kier alpha value is -3.07. The van der Waals surface area contributed by atoms with E-state index in [1.165, 1.54) is 11.1 Å². The molecule has 1 aromatic heterocycles. The van der Waals surface area contributed by atoms with Crippen LogP contribution in [0.1, 0.15) is 19.8 Å². The van der Waals surface area contributed by atoms with Crippen LogP contribution in [0.5, 0.6) is 5.75 Å². The third-order valence-corrected chi connectivity index (χ3v) is 4.94. The molecular weight excluding hydrogens is 332 g/mol. The third kappa shape index (κ3) is 3.45. The minimum absolute atomic E-state index is 0.841. The molecule has 3 heteroatoms. The van der Waals surface area contributed by atoms with Crippen molar-refractivity contribution >= 4 is 11.0 Å². The summed E-state index contributed by atoms with van der Waals surface area (Å²) in [6.07, 6.45) is 2.29. The molecule has 0 amide bonds. The third-order valence-electron chi connectivity index (χ3n) is 4.94. The standard InChI is InChI=1S/C24H24N2O/c1-3-4-16-26-23-15-14-21(27-2)17-22(23)25-24(26)20-12-10-19(11-13-20)18-8-6-5-7-9-18/h5-15,17H,3-4,16H2,1-2H3. The van der Waals surface area contributed by atoms with Crippen LogP contribution in [0.15, 0.2) is 72.8 Å². The molecule has 0 saturated heterocycles. The molecular formula is C24H24N2O. The van der Waals surface area contributed by atoms with E-state index in [1.54, 1.807) is 7.11 Å². The Morgan fingerprint density at radius 1 is 0.852 bits per heavy atom. The fourth-order valence-electron chi connectivity index (χ4n) is 3.44. The first-order valence-corrected chi connectivity index (χ1v) is 9.50. The van der Waals surface area contributed by atoms with Crippen molar-refractivity contribution < 1.29 is 4.74 Å². The lowest BCUT2D eigenvalue weighted by Crippen LogP contribution is -2.00. The summed E-state index contributed by atoms with van der Waals surface area (Å²) in [4.78, 5) is 4.93. The lowest BCUT2D eigenvalue weighted by atomic mass is 10.0. The van der Waals surface area contributed by atoms with Crippen LogP contribution in [0.2, 0.25) is 0 Å². The Morgan fingerprint density at radius 2 is 1.56 bits per heavy atom. The second-order valence-corrected chi connectivity index (χ2v) is 6.74. The van der Waals surface area contributed by atoms with Crippen molar-refractivity contribution in [2.75, 3.05) is 7.11 Å². The van der Waals surface area contributed by atoms with E-state index in [0.717, 1.165) is 47.6 Å². The van der Waals surface area contributed by atoms with Crippen molar-refractivity contribution in [2.24, 2.45) is 0 Å². The van der Waals surface area contributed by atoms with E-state index in [9.17, 15) is 0 Å². The summed E-state index contributed by atoms with van der Waals surface area (Å²) >= 11 is 0. The number of unbranched alkanes of at least 4 members (excludes halogenated alkanes) is 1. The van der Waals surface area contributed by atoms with E-state index in [-0.39, 0.29) is 0 Å². The average molecular weight is 356 g/mol. The first-order valence-electron chi connectivity index (χ1n) is 9.50. The van der Waals surface area contributed by atoms with Crippen LogP contribution in [-0.2, 0) is 6.54 Å². The number of ether oxygens (including phenoxy) is 1. The second kappa shape index (κ2) is 7.67. The number of benzene rings is 3. The minimum atomic E-state index is 0.841. The number of hydrogen-bond acceptors (Lipinski definition) is 2. The fraction of sp³-hybridized carbons (Fsp3) is 0.208. The number of imidazole rings is 1. The van der Waals surface area contributed by atoms with Crippen molar-refractivity contribution in [1.82, 2.24) is 9.55 Å². The van der Waals surface area contributed by atoms with Crippen molar-refractivity contribution in [2.45, 2.75) is 26.3 Å². The van der Waals surface area contributed by atoms with Crippen LogP contribution in [0, 0.1) is 0 Å². The van der Waals surface area contributed by atoms with Crippen molar-refractivity contribution in [3.8, 4) is 28.3 Å². The van der Waals surface area contributed by atoms with E-state index >= 15 is 0 Å². The highest BCUT2D eigenvalue weighted by molar-refractivity contribution is 5.82. The van der Waals surface area contributed by atoms with Crippen LogP contribution < -0.4 is 4.74 Å². The molecule has 0 unspecified atom stereocenters. The van der Waals surface area contributed by atoms with Crippen molar-refractivity contribution in [1.29, 1.82) is 0 Å². The molecule has 0 atom stereocenters. The van der Waals surface area contributed by atoms with Crippen LogP contribution in [0.3, 0.4) is 0 Å². The summed E-state index contributed by atoms with van der Waals surface area (Å²) in [5.74, 6) is 1.86. The van der Waals surface area contributed by atoms with Crippen molar-refractivity contribution in [3.05, 3.63) is 72.8 Å². The number of aromatic nitrogens is 2. The van der Waals surface area contributed by atoms with Gasteiger partial charge in [0.2, 0.25) is 0 Å². The molecule has 0 aliphatic heterocycles. The van der Waals surface area contributed by atoms with Gasteiger partial charge in [-0.15, -0.1) is 0 Å². The predicted molar refractivity (Wildman–Crippen MR) is 112 cm³/mol. The van der Waals surface area contributed by atoms with Gasteiger partial charge in [0.05, 0.1) is 18.1 Å². The van der Waals surface area contributed by atoms with Crippen LogP contribution in [0.25, 0.3) is 33.5 Å². The Morgan fingerprint density at radius 3 is 2.26 bits per heavy atom. The molecule has 0 N–H and O–H groups in total. The molecule has 1 heterocycles. The molecule has 0 spiro atoms. The number of methoxy groups -OCH3 is 1. The summed E-state index contributed by atoms with van der Waals surface area (Å²) in [6.45, 7) is 3.19. The largest absolute Gasteiger partial charge is 0.497 e. The number of aryl methyl sites for hydroxylation is 1. The van der Waals surface area contributed by atoms with Gasteiger partial charge in [-0.1, -0.05) is 67.9 Å². The molecule has 136 valence electrons. The summed E-state index contributed by atoms with van der Waals surface area (Å²) in [5.41, 5.74) is 5.73. The maximum absolute atomic E-state index is 5.37. The van der Waals surface area contributed by atoms with Gasteiger partial charge in [0.25, 0.3) is 0 Å². The molecule has 3 nitrogen and oxygen atoms in total. The van der Waals surface area contributed by atoms with Gasteiger partial charge < -0.3 is 9.30 Å². The highest BCUT2D eigenvalue weighted by atomic mass is 16.5. The van der Waals surface area contributed by atoms with Crippen LogP contribution in [-0.4, -0.2) is 16.7 Å². The Labute approximate surface area is 160 Å². The summed E-state index contributed by atoms with van der Waals surface area (Å²) < 4.78 is 7.70. The molecule has 0 fully saturated rings. The Kier molecular flexibility index (Phi) is 4.93. The van der Waals surface area contributed by atoms with Gasteiger partial charge in [0, 0.05) is 18.2 Å². The molecule has 0 aliphatic carbocycles. The Balaban J connectivity index is 1.77. The monoisotopic (exact) mass is 356 g/mol. The van der Waals surface area contributed by atoms with Gasteiger partial charge in [-0.3, -0.25) is 0 Å². The van der Waals surface area contributed by atoms with Crippen LogP contribution >= 0.6 is 0 Å². The van der Waals surface area contributed by atoms with E-state index in [1.807, 2.05) is 18.2 Å². The normalized spacial score (nSPS) is 11.0. The SMILES string of the molecule is CCCCn1c(-c2ccc(-c3ccccc3)cc2)nc2cc(OC)ccc21. The van der Waals surface area contributed by atoms with Gasteiger partial charge in [-0.05, 0) is 29.7 Å². The number of fused-ring (bicyclic) bond motifs is 1. The molecule has 4 rings (SSSR count). The Bertz CT molecular complexity index is 1030. The number of nitrogens with zero attached hydrogens (tertiary/aromatic N) is 2. The molecule has 0 aliphatic rings. The smallest absolute Gasteiger partial charge is 0.141 e. The van der Waals surface area contributed by atoms with Crippen LogP contribution in [0.4, 0.5) is 0 Å². The maximum atomic E-state index is 5.37.